The lowest BCUT2D eigenvalue weighted by Crippen LogP contribution is -2.38. The number of benzene rings is 1. The van der Waals surface area contributed by atoms with E-state index in [-0.39, 0.29) is 29.6 Å². The van der Waals surface area contributed by atoms with Gasteiger partial charge in [-0.3, -0.25) is 0 Å². The van der Waals surface area contributed by atoms with Gasteiger partial charge in [0.1, 0.15) is 11.8 Å². The Hall–Kier alpha value is -3.12. The highest BCUT2D eigenvalue weighted by atomic mass is 19.4. The number of hydrogen-bond donors (Lipinski definition) is 2. The molecule has 1 aromatic carbocycles. The van der Waals surface area contributed by atoms with Crippen molar-refractivity contribution in [1.29, 1.82) is 0 Å². The van der Waals surface area contributed by atoms with Gasteiger partial charge in [0.15, 0.2) is 0 Å². The monoisotopic (exact) mass is 505 g/mol. The molecule has 3 rings (SSSR count). The maximum Gasteiger partial charge on any atom is 0.419 e. The van der Waals surface area contributed by atoms with Crippen LogP contribution in [0.4, 0.5) is 22.0 Å². The SMILES string of the molecule is CCCCCCCCOc1ccc(-c2noc(C3CC(F)(F)CN3/C(N)=N/O)n2)cc1C(F)(F)F. The first-order chi connectivity index (χ1) is 16.6. The van der Waals surface area contributed by atoms with Crippen LogP contribution in [0.2, 0.25) is 0 Å². The number of alkyl halides is 5. The molecule has 1 aromatic heterocycles. The molecule has 3 N–H and O–H groups in total. The van der Waals surface area contributed by atoms with Crippen LogP contribution in [-0.4, -0.2) is 45.3 Å². The van der Waals surface area contributed by atoms with Gasteiger partial charge in [0, 0.05) is 12.0 Å². The predicted octanol–water partition coefficient (Wildman–Crippen LogP) is 5.58. The quantitative estimate of drug-likeness (QED) is 0.108. The lowest BCUT2D eigenvalue weighted by Gasteiger charge is -2.20. The third-order valence-corrected chi connectivity index (χ3v) is 5.69. The third kappa shape index (κ3) is 6.73. The van der Waals surface area contributed by atoms with Gasteiger partial charge in [-0.1, -0.05) is 49.3 Å². The Balaban J connectivity index is 1.76. The number of guanidine groups is 1. The average Bonchev–Trinajstić information content (AvgIpc) is 3.41. The van der Waals surface area contributed by atoms with E-state index in [4.69, 9.17) is 20.2 Å². The molecule has 2 aromatic rings. The molecule has 1 aliphatic rings. The van der Waals surface area contributed by atoms with Crippen molar-refractivity contribution in [2.45, 2.75) is 70.0 Å². The summed E-state index contributed by atoms with van der Waals surface area (Å²) in [6.45, 7) is 1.42. The van der Waals surface area contributed by atoms with E-state index in [0.29, 0.717) is 6.42 Å². The molecule has 1 fully saturated rings. The van der Waals surface area contributed by atoms with E-state index in [0.717, 1.165) is 43.1 Å². The molecule has 35 heavy (non-hydrogen) atoms. The first-order valence-corrected chi connectivity index (χ1v) is 11.4. The van der Waals surface area contributed by atoms with Crippen molar-refractivity contribution in [2.24, 2.45) is 10.9 Å². The molecule has 1 unspecified atom stereocenters. The average molecular weight is 505 g/mol. The number of halogens is 5. The van der Waals surface area contributed by atoms with Crippen LogP contribution in [-0.2, 0) is 6.18 Å². The Morgan fingerprint density at radius 3 is 2.66 bits per heavy atom. The minimum atomic E-state index is -4.70. The highest BCUT2D eigenvalue weighted by Gasteiger charge is 2.49. The Morgan fingerprint density at radius 2 is 1.97 bits per heavy atom. The van der Waals surface area contributed by atoms with Crippen LogP contribution in [0.3, 0.4) is 0 Å². The third-order valence-electron chi connectivity index (χ3n) is 5.69. The van der Waals surface area contributed by atoms with E-state index in [1.807, 2.05) is 0 Å². The molecule has 0 saturated carbocycles. The molecule has 2 heterocycles. The highest BCUT2D eigenvalue weighted by Crippen LogP contribution is 2.42. The van der Waals surface area contributed by atoms with Crippen molar-refractivity contribution < 1.29 is 36.4 Å². The number of likely N-dealkylation sites (tertiary alicyclic amines) is 1. The number of nitrogens with two attached hydrogens (primary N) is 1. The minimum absolute atomic E-state index is 0.0284. The Kier molecular flexibility index (Phi) is 8.39. The number of rotatable bonds is 10. The second-order valence-electron chi connectivity index (χ2n) is 8.44. The van der Waals surface area contributed by atoms with Crippen molar-refractivity contribution in [3.63, 3.8) is 0 Å². The summed E-state index contributed by atoms with van der Waals surface area (Å²) in [5.41, 5.74) is 4.44. The molecule has 8 nitrogen and oxygen atoms in total. The molecular formula is C22H28F5N5O3. The van der Waals surface area contributed by atoms with Crippen LogP contribution < -0.4 is 10.5 Å². The van der Waals surface area contributed by atoms with Crippen molar-refractivity contribution in [3.05, 3.63) is 29.7 Å². The van der Waals surface area contributed by atoms with E-state index >= 15 is 0 Å². The fraction of sp³-hybridized carbons (Fsp3) is 0.591. The zero-order valence-corrected chi connectivity index (χ0v) is 19.2. The molecule has 0 spiro atoms. The van der Waals surface area contributed by atoms with Gasteiger partial charge in [-0.25, -0.2) is 8.78 Å². The highest BCUT2D eigenvalue weighted by molar-refractivity contribution is 5.78. The van der Waals surface area contributed by atoms with Crippen molar-refractivity contribution >= 4 is 5.96 Å². The van der Waals surface area contributed by atoms with Crippen LogP contribution >= 0.6 is 0 Å². The van der Waals surface area contributed by atoms with E-state index in [1.165, 1.54) is 12.1 Å². The van der Waals surface area contributed by atoms with Gasteiger partial charge < -0.3 is 25.1 Å². The Morgan fingerprint density at radius 1 is 1.26 bits per heavy atom. The van der Waals surface area contributed by atoms with Crippen LogP contribution in [0.1, 0.15) is 69.4 Å². The van der Waals surface area contributed by atoms with Crippen LogP contribution in [0, 0.1) is 0 Å². The van der Waals surface area contributed by atoms with Gasteiger partial charge in [0.25, 0.3) is 5.92 Å². The van der Waals surface area contributed by atoms with E-state index in [9.17, 15) is 22.0 Å². The van der Waals surface area contributed by atoms with E-state index < -0.39 is 42.6 Å². The van der Waals surface area contributed by atoms with Crippen LogP contribution in [0.15, 0.2) is 27.9 Å². The van der Waals surface area contributed by atoms with Crippen molar-refractivity contribution in [1.82, 2.24) is 15.0 Å². The lowest BCUT2D eigenvalue weighted by atomic mass is 10.1. The standard InChI is InChI=1S/C22H28F5N5O3/c1-2-3-4-5-6-7-10-34-17-9-8-14(11-15(17)22(25,26)27)18-29-19(35-31-18)16-12-21(23,24)13-32(16)20(28)30-33/h8-9,11,16,33H,2-7,10,12-13H2,1H3,(H2,28,30). The molecule has 0 bridgehead atoms. The number of unbranched alkanes of at least 4 members (excludes halogenated alkanes) is 5. The minimum Gasteiger partial charge on any atom is -0.493 e. The van der Waals surface area contributed by atoms with Gasteiger partial charge in [-0.2, -0.15) is 18.2 Å². The Labute approximate surface area is 198 Å². The molecule has 0 radical (unpaired) electrons. The maximum absolute atomic E-state index is 13.9. The fourth-order valence-corrected chi connectivity index (χ4v) is 3.90. The van der Waals surface area contributed by atoms with Gasteiger partial charge in [-0.15, -0.1) is 0 Å². The summed E-state index contributed by atoms with van der Waals surface area (Å²) in [6.07, 6.45) is 0.384. The molecular weight excluding hydrogens is 477 g/mol. The molecule has 0 amide bonds. The second kappa shape index (κ2) is 11.1. The molecule has 1 aliphatic heterocycles. The van der Waals surface area contributed by atoms with Crippen LogP contribution in [0.25, 0.3) is 11.4 Å². The number of oxime groups is 1. The van der Waals surface area contributed by atoms with Gasteiger partial charge >= 0.3 is 6.18 Å². The lowest BCUT2D eigenvalue weighted by molar-refractivity contribution is -0.138. The molecule has 13 heteroatoms. The number of hydrogen-bond acceptors (Lipinski definition) is 6. The second-order valence-corrected chi connectivity index (χ2v) is 8.44. The Bertz CT molecular complexity index is 1010. The molecule has 1 atom stereocenters. The molecule has 194 valence electrons. The maximum atomic E-state index is 13.9. The molecule has 1 saturated heterocycles. The topological polar surface area (TPSA) is 110 Å². The van der Waals surface area contributed by atoms with E-state index in [1.54, 1.807) is 0 Å². The van der Waals surface area contributed by atoms with Crippen molar-refractivity contribution in [2.75, 3.05) is 13.2 Å². The summed E-state index contributed by atoms with van der Waals surface area (Å²) >= 11 is 0. The zero-order valence-electron chi connectivity index (χ0n) is 19.2. The first-order valence-electron chi connectivity index (χ1n) is 11.4. The van der Waals surface area contributed by atoms with Crippen molar-refractivity contribution in [3.8, 4) is 17.1 Å². The van der Waals surface area contributed by atoms with Gasteiger partial charge in [0.05, 0.1) is 18.7 Å². The summed E-state index contributed by atoms with van der Waals surface area (Å²) in [5.74, 6) is -4.57. The normalized spacial score (nSPS) is 18.3. The first kappa shape index (κ1) is 26.5. The van der Waals surface area contributed by atoms with Crippen LogP contribution in [0.5, 0.6) is 5.75 Å². The smallest absolute Gasteiger partial charge is 0.419 e. The summed E-state index contributed by atoms with van der Waals surface area (Å²) in [7, 11) is 0. The fourth-order valence-electron chi connectivity index (χ4n) is 3.90. The molecule has 0 aliphatic carbocycles. The summed E-state index contributed by atoms with van der Waals surface area (Å²) < 4.78 is 79.4. The predicted molar refractivity (Wildman–Crippen MR) is 116 cm³/mol. The summed E-state index contributed by atoms with van der Waals surface area (Å²) in [4.78, 5) is 4.89. The van der Waals surface area contributed by atoms with E-state index in [2.05, 4.69) is 22.2 Å². The van der Waals surface area contributed by atoms with Gasteiger partial charge in [0.2, 0.25) is 17.7 Å². The summed E-state index contributed by atoms with van der Waals surface area (Å²) in [6, 6.07) is 2.14. The summed E-state index contributed by atoms with van der Waals surface area (Å²) in [5, 5.41) is 15.2. The number of nitrogens with zero attached hydrogens (tertiary/aromatic N) is 4. The largest absolute Gasteiger partial charge is 0.493 e. The number of aromatic nitrogens is 2. The zero-order chi connectivity index (χ0) is 25.6. The number of ether oxygens (including phenoxy) is 1. The van der Waals surface area contributed by atoms with Gasteiger partial charge in [-0.05, 0) is 24.6 Å².